The van der Waals surface area contributed by atoms with Crippen molar-refractivity contribution in [1.82, 2.24) is 15.0 Å². The molecule has 0 radical (unpaired) electrons. The molecular formula is C16H15ClN4O. The molecule has 3 aromatic rings. The molecule has 0 fully saturated rings. The molecule has 0 atom stereocenters. The van der Waals surface area contributed by atoms with Gasteiger partial charge < -0.3 is 10.5 Å². The van der Waals surface area contributed by atoms with Crippen LogP contribution in [0.25, 0.3) is 16.9 Å². The summed E-state index contributed by atoms with van der Waals surface area (Å²) in [7, 11) is 1.63. The second-order valence-electron chi connectivity index (χ2n) is 4.71. The summed E-state index contributed by atoms with van der Waals surface area (Å²) in [6, 6.07) is 15.2. The third kappa shape index (κ3) is 2.68. The van der Waals surface area contributed by atoms with Gasteiger partial charge in [0, 0.05) is 23.2 Å². The van der Waals surface area contributed by atoms with E-state index in [0.717, 1.165) is 22.7 Å². The van der Waals surface area contributed by atoms with Gasteiger partial charge in [-0.2, -0.15) is 0 Å². The Morgan fingerprint density at radius 3 is 2.73 bits per heavy atom. The lowest BCUT2D eigenvalue weighted by molar-refractivity contribution is 0.414. The summed E-state index contributed by atoms with van der Waals surface area (Å²) in [5.74, 6) is 0.749. The fourth-order valence-corrected chi connectivity index (χ4v) is 2.49. The second-order valence-corrected chi connectivity index (χ2v) is 5.15. The predicted molar refractivity (Wildman–Crippen MR) is 86.2 cm³/mol. The highest BCUT2D eigenvalue weighted by molar-refractivity contribution is 6.30. The topological polar surface area (TPSA) is 66.0 Å². The van der Waals surface area contributed by atoms with Gasteiger partial charge in [-0.05, 0) is 24.3 Å². The van der Waals surface area contributed by atoms with Gasteiger partial charge >= 0.3 is 0 Å². The first-order valence-corrected chi connectivity index (χ1v) is 7.15. The molecule has 0 saturated carbocycles. The molecule has 1 heterocycles. The minimum Gasteiger partial charge on any atom is -0.497 e. The van der Waals surface area contributed by atoms with Crippen LogP contribution >= 0.6 is 11.6 Å². The zero-order chi connectivity index (χ0) is 15.5. The van der Waals surface area contributed by atoms with Crippen LogP contribution < -0.4 is 10.5 Å². The van der Waals surface area contributed by atoms with Gasteiger partial charge in [0.25, 0.3) is 0 Å². The molecule has 112 valence electrons. The van der Waals surface area contributed by atoms with Crippen molar-refractivity contribution in [2.45, 2.75) is 6.54 Å². The highest BCUT2D eigenvalue weighted by atomic mass is 35.5. The van der Waals surface area contributed by atoms with Crippen molar-refractivity contribution in [3.8, 4) is 22.7 Å². The van der Waals surface area contributed by atoms with E-state index < -0.39 is 0 Å². The van der Waals surface area contributed by atoms with Crippen LogP contribution in [0.15, 0.2) is 48.5 Å². The monoisotopic (exact) mass is 314 g/mol. The molecule has 0 aliphatic heterocycles. The van der Waals surface area contributed by atoms with Crippen LogP contribution in [0.1, 0.15) is 5.69 Å². The highest BCUT2D eigenvalue weighted by Gasteiger charge is 2.16. The number of nitrogens with two attached hydrogens (primary N) is 1. The Morgan fingerprint density at radius 2 is 2.00 bits per heavy atom. The fourth-order valence-electron chi connectivity index (χ4n) is 2.30. The van der Waals surface area contributed by atoms with E-state index in [9.17, 15) is 0 Å². The molecule has 0 aliphatic carbocycles. The molecule has 0 bridgehead atoms. The van der Waals surface area contributed by atoms with Gasteiger partial charge in [-0.1, -0.05) is 35.0 Å². The standard InChI is InChI=1S/C16H15ClN4O/c1-22-14-7-3-6-13(9-14)21-16(15(10-18)19-20-21)11-4-2-5-12(17)8-11/h2-9H,10,18H2,1H3. The third-order valence-corrected chi connectivity index (χ3v) is 3.56. The Balaban J connectivity index is 2.19. The van der Waals surface area contributed by atoms with Crippen molar-refractivity contribution < 1.29 is 4.74 Å². The van der Waals surface area contributed by atoms with Gasteiger partial charge in [0.1, 0.15) is 11.4 Å². The molecular weight excluding hydrogens is 300 g/mol. The fraction of sp³-hybridized carbons (Fsp3) is 0.125. The van der Waals surface area contributed by atoms with Gasteiger partial charge in [-0.25, -0.2) is 4.68 Å². The van der Waals surface area contributed by atoms with E-state index in [1.54, 1.807) is 11.8 Å². The molecule has 2 N–H and O–H groups in total. The van der Waals surface area contributed by atoms with Crippen LogP contribution in [0.4, 0.5) is 0 Å². The van der Waals surface area contributed by atoms with Gasteiger partial charge in [-0.3, -0.25) is 0 Å². The van der Waals surface area contributed by atoms with Crippen LogP contribution in [0.3, 0.4) is 0 Å². The molecule has 6 heteroatoms. The van der Waals surface area contributed by atoms with Gasteiger partial charge in [-0.15, -0.1) is 5.10 Å². The molecule has 0 aliphatic rings. The predicted octanol–water partition coefficient (Wildman–Crippen LogP) is 3.06. The first-order valence-electron chi connectivity index (χ1n) is 6.78. The average Bonchev–Trinajstić information content (AvgIpc) is 2.99. The number of hydrogen-bond donors (Lipinski definition) is 1. The Hall–Kier alpha value is -2.37. The summed E-state index contributed by atoms with van der Waals surface area (Å²) in [4.78, 5) is 0. The van der Waals surface area contributed by atoms with Crippen molar-refractivity contribution in [1.29, 1.82) is 0 Å². The first-order chi connectivity index (χ1) is 10.7. The van der Waals surface area contributed by atoms with Crippen LogP contribution in [0, 0.1) is 0 Å². The van der Waals surface area contributed by atoms with Crippen LogP contribution in [-0.4, -0.2) is 22.1 Å². The summed E-state index contributed by atoms with van der Waals surface area (Å²) < 4.78 is 7.01. The van der Waals surface area contributed by atoms with Gasteiger partial charge in [0.05, 0.1) is 18.5 Å². The van der Waals surface area contributed by atoms with Crippen molar-refractivity contribution in [3.63, 3.8) is 0 Å². The number of nitrogens with zero attached hydrogens (tertiary/aromatic N) is 3. The molecule has 5 nitrogen and oxygen atoms in total. The quantitative estimate of drug-likeness (QED) is 0.803. The number of aromatic nitrogens is 3. The van der Waals surface area contributed by atoms with E-state index in [4.69, 9.17) is 22.1 Å². The van der Waals surface area contributed by atoms with E-state index in [2.05, 4.69) is 10.3 Å². The first kappa shape index (κ1) is 14.6. The average molecular weight is 315 g/mol. The van der Waals surface area contributed by atoms with E-state index in [1.807, 2.05) is 48.5 Å². The summed E-state index contributed by atoms with van der Waals surface area (Å²) in [6.07, 6.45) is 0. The normalized spacial score (nSPS) is 10.7. The molecule has 1 aromatic heterocycles. The number of halogens is 1. The minimum absolute atomic E-state index is 0.297. The minimum atomic E-state index is 0.297. The highest BCUT2D eigenvalue weighted by Crippen LogP contribution is 2.28. The second kappa shape index (κ2) is 6.17. The molecule has 0 saturated heterocycles. The lowest BCUT2D eigenvalue weighted by Gasteiger charge is -2.09. The number of methoxy groups -OCH3 is 1. The van der Waals surface area contributed by atoms with Crippen molar-refractivity contribution in [2.24, 2.45) is 5.73 Å². The molecule has 0 unspecified atom stereocenters. The lowest BCUT2D eigenvalue weighted by atomic mass is 10.1. The van der Waals surface area contributed by atoms with Crippen LogP contribution in [0.5, 0.6) is 5.75 Å². The largest absolute Gasteiger partial charge is 0.497 e. The van der Waals surface area contributed by atoms with Crippen LogP contribution in [-0.2, 0) is 6.54 Å². The maximum Gasteiger partial charge on any atom is 0.121 e. The molecule has 2 aromatic carbocycles. The summed E-state index contributed by atoms with van der Waals surface area (Å²) in [6.45, 7) is 0.297. The van der Waals surface area contributed by atoms with Crippen LogP contribution in [0.2, 0.25) is 5.02 Å². The Kier molecular flexibility index (Phi) is 4.09. The molecule has 0 amide bonds. The van der Waals surface area contributed by atoms with E-state index >= 15 is 0 Å². The molecule has 22 heavy (non-hydrogen) atoms. The van der Waals surface area contributed by atoms with Crippen molar-refractivity contribution >= 4 is 11.6 Å². The molecule has 0 spiro atoms. The van der Waals surface area contributed by atoms with Gasteiger partial charge in [0.15, 0.2) is 0 Å². The van der Waals surface area contributed by atoms with Crippen molar-refractivity contribution in [3.05, 3.63) is 59.2 Å². The van der Waals surface area contributed by atoms with E-state index in [-0.39, 0.29) is 0 Å². The Morgan fingerprint density at radius 1 is 1.18 bits per heavy atom. The summed E-state index contributed by atoms with van der Waals surface area (Å²) in [5, 5.41) is 9.06. The lowest BCUT2D eigenvalue weighted by Crippen LogP contribution is -2.03. The maximum absolute atomic E-state index is 6.10. The zero-order valence-electron chi connectivity index (χ0n) is 12.0. The number of benzene rings is 2. The van der Waals surface area contributed by atoms with E-state index in [1.165, 1.54) is 0 Å². The van der Waals surface area contributed by atoms with Gasteiger partial charge in [0.2, 0.25) is 0 Å². The SMILES string of the molecule is COc1cccc(-n2nnc(CN)c2-c2cccc(Cl)c2)c1. The number of hydrogen-bond acceptors (Lipinski definition) is 4. The third-order valence-electron chi connectivity index (χ3n) is 3.33. The Bertz CT molecular complexity index is 800. The summed E-state index contributed by atoms with van der Waals surface area (Å²) in [5.41, 5.74) is 9.11. The summed E-state index contributed by atoms with van der Waals surface area (Å²) >= 11 is 6.10. The van der Waals surface area contributed by atoms with Crippen molar-refractivity contribution in [2.75, 3.05) is 7.11 Å². The zero-order valence-corrected chi connectivity index (χ0v) is 12.8. The van der Waals surface area contributed by atoms with E-state index in [0.29, 0.717) is 17.3 Å². The maximum atomic E-state index is 6.10. The smallest absolute Gasteiger partial charge is 0.121 e. The number of ether oxygens (including phenoxy) is 1. The number of rotatable bonds is 4. The Labute approximate surface area is 133 Å². The molecule has 3 rings (SSSR count).